The van der Waals surface area contributed by atoms with Gasteiger partial charge in [0.05, 0.1) is 27.7 Å². The number of carbonyl (C=O) groups excluding carboxylic acids is 2. The van der Waals surface area contributed by atoms with E-state index in [0.717, 1.165) is 70.6 Å². The van der Waals surface area contributed by atoms with Crippen molar-refractivity contribution in [2.75, 3.05) is 47.5 Å². The third-order valence-electron chi connectivity index (χ3n) is 10.6. The Bertz CT molecular complexity index is 1240. The van der Waals surface area contributed by atoms with Gasteiger partial charge in [-0.15, -0.1) is 0 Å². The summed E-state index contributed by atoms with van der Waals surface area (Å²) in [6, 6.07) is 0. The summed E-state index contributed by atoms with van der Waals surface area (Å²) in [5.74, 6) is -0.868. The van der Waals surface area contributed by atoms with Gasteiger partial charge < -0.3 is 27.9 Å². The van der Waals surface area contributed by atoms with E-state index in [1.54, 1.807) is 0 Å². The molecule has 10 heteroatoms. The highest BCUT2D eigenvalue weighted by molar-refractivity contribution is 7.45. The molecule has 2 atom stereocenters. The van der Waals surface area contributed by atoms with E-state index < -0.39 is 32.5 Å². The molecule has 0 saturated heterocycles. The molecule has 0 spiro atoms. The molecule has 0 aliphatic carbocycles. The number of phosphoric acid groups is 1. The van der Waals surface area contributed by atoms with E-state index in [2.05, 4.69) is 74.6 Å². The van der Waals surface area contributed by atoms with Gasteiger partial charge >= 0.3 is 11.9 Å². The molecule has 0 bridgehead atoms. The highest BCUT2D eigenvalue weighted by atomic mass is 31.2. The van der Waals surface area contributed by atoms with E-state index >= 15 is 0 Å². The number of hydrogen-bond acceptors (Lipinski definition) is 8. The van der Waals surface area contributed by atoms with Crippen molar-refractivity contribution in [3.63, 3.8) is 0 Å². The van der Waals surface area contributed by atoms with Crippen LogP contribution in [-0.4, -0.2) is 70.0 Å². The molecule has 0 rings (SSSR count). The van der Waals surface area contributed by atoms with Gasteiger partial charge in [0.15, 0.2) is 6.10 Å². The third kappa shape index (κ3) is 47.2. The smallest absolute Gasteiger partial charge is 0.306 e. The Morgan fingerprint density at radius 1 is 0.516 bits per heavy atom. The number of phosphoric ester groups is 1. The first kappa shape index (κ1) is 59.7. The zero-order valence-electron chi connectivity index (χ0n) is 40.6. The molecule has 0 aromatic heterocycles. The maximum atomic E-state index is 12.7. The fraction of sp³-hybridized carbons (Fsp3) is 0.769. The molecule has 9 nitrogen and oxygen atoms in total. The average Bonchev–Trinajstić information content (AvgIpc) is 3.23. The van der Waals surface area contributed by atoms with E-state index in [9.17, 15) is 19.0 Å². The summed E-state index contributed by atoms with van der Waals surface area (Å²) in [7, 11) is 1.14. The second-order valence-corrected chi connectivity index (χ2v) is 19.2. The summed E-state index contributed by atoms with van der Waals surface area (Å²) in [6.45, 7) is 4.09. The molecular formula is C52H94NO8P. The highest BCUT2D eigenvalue weighted by Gasteiger charge is 2.21. The van der Waals surface area contributed by atoms with Crippen LogP contribution in [0, 0.1) is 0 Å². The Balaban J connectivity index is 4.33. The van der Waals surface area contributed by atoms with Gasteiger partial charge in [0, 0.05) is 12.8 Å². The maximum absolute atomic E-state index is 12.7. The first-order valence-corrected chi connectivity index (χ1v) is 26.5. The number of carbonyl (C=O) groups is 2. The number of allylic oxidation sites excluding steroid dienone is 10. The van der Waals surface area contributed by atoms with Crippen molar-refractivity contribution in [1.29, 1.82) is 0 Å². The maximum Gasteiger partial charge on any atom is 0.306 e. The molecule has 0 aromatic rings. The average molecular weight is 892 g/mol. The Morgan fingerprint density at radius 2 is 0.919 bits per heavy atom. The van der Waals surface area contributed by atoms with Crippen LogP contribution in [0.5, 0.6) is 0 Å². The van der Waals surface area contributed by atoms with Crippen molar-refractivity contribution in [3.05, 3.63) is 60.8 Å². The molecule has 1 unspecified atom stereocenters. The van der Waals surface area contributed by atoms with Crippen molar-refractivity contribution in [2.24, 2.45) is 0 Å². The van der Waals surface area contributed by atoms with Crippen LogP contribution in [0.15, 0.2) is 60.8 Å². The zero-order valence-corrected chi connectivity index (χ0v) is 41.4. The van der Waals surface area contributed by atoms with Crippen LogP contribution in [0.4, 0.5) is 0 Å². The lowest BCUT2D eigenvalue weighted by atomic mass is 10.0. The lowest BCUT2D eigenvalue weighted by Gasteiger charge is -2.28. The van der Waals surface area contributed by atoms with E-state index in [4.69, 9.17) is 18.5 Å². The number of unbranched alkanes of at least 4 members (excludes halogenated alkanes) is 21. The molecule has 0 aromatic carbocycles. The molecule has 0 heterocycles. The fourth-order valence-electron chi connectivity index (χ4n) is 6.68. The van der Waals surface area contributed by atoms with Gasteiger partial charge in [-0.25, -0.2) is 0 Å². The molecule has 0 aliphatic rings. The standard InChI is InChI=1S/C52H94NO8P/c1-6-8-10-12-14-16-18-20-22-24-26-28-30-32-34-36-38-40-42-44-51(54)58-48-50(49-60-62(56,57)59-47-46-53(3,4)5)61-52(55)45-43-41-39-37-35-33-31-29-27-25-23-21-19-17-15-13-11-9-7-2/h9,11,15,17,21,23,27,29,33,35,50H,6-8,10,12-14,16,18-20,22,24-26,28,30-32,34,36-49H2,1-5H3/b11-9+,17-15+,23-21+,29-27+,35-33+/t50-/m1/s1. The number of esters is 2. The minimum atomic E-state index is -4.64. The molecule has 0 amide bonds. The Kier molecular flexibility index (Phi) is 42.3. The summed E-state index contributed by atoms with van der Waals surface area (Å²) in [5, 5.41) is 0. The van der Waals surface area contributed by atoms with Crippen molar-refractivity contribution < 1.29 is 42.1 Å². The van der Waals surface area contributed by atoms with Crippen molar-refractivity contribution in [3.8, 4) is 0 Å². The molecule has 0 fully saturated rings. The van der Waals surface area contributed by atoms with Crippen LogP contribution < -0.4 is 4.89 Å². The number of likely N-dealkylation sites (N-methyl/N-ethyl adjacent to an activating group) is 1. The molecule has 0 aliphatic heterocycles. The first-order chi connectivity index (χ1) is 30.0. The van der Waals surface area contributed by atoms with Crippen LogP contribution in [-0.2, 0) is 32.7 Å². The van der Waals surface area contributed by atoms with Crippen molar-refractivity contribution >= 4 is 19.8 Å². The molecule has 0 radical (unpaired) electrons. The molecule has 62 heavy (non-hydrogen) atoms. The van der Waals surface area contributed by atoms with Gasteiger partial charge in [-0.05, 0) is 57.8 Å². The Hall–Kier alpha value is -2.29. The molecule has 360 valence electrons. The van der Waals surface area contributed by atoms with Crippen molar-refractivity contribution in [1.82, 2.24) is 0 Å². The quantitative estimate of drug-likeness (QED) is 0.0195. The van der Waals surface area contributed by atoms with Crippen molar-refractivity contribution in [2.45, 2.75) is 213 Å². The van der Waals surface area contributed by atoms with Crippen LogP contribution in [0.1, 0.15) is 206 Å². The van der Waals surface area contributed by atoms with Crippen LogP contribution in [0.25, 0.3) is 0 Å². The highest BCUT2D eigenvalue weighted by Crippen LogP contribution is 2.38. The second kappa shape index (κ2) is 43.9. The normalized spacial score (nSPS) is 14.0. The topological polar surface area (TPSA) is 111 Å². The van der Waals surface area contributed by atoms with E-state index in [-0.39, 0.29) is 26.1 Å². The number of nitrogens with zero attached hydrogens (tertiary/aromatic N) is 1. The minimum Gasteiger partial charge on any atom is -0.756 e. The minimum absolute atomic E-state index is 0.0389. The van der Waals surface area contributed by atoms with Gasteiger partial charge in [0.1, 0.15) is 19.8 Å². The summed E-state index contributed by atoms with van der Waals surface area (Å²) in [5.41, 5.74) is 0. The van der Waals surface area contributed by atoms with Gasteiger partial charge in [-0.1, -0.05) is 197 Å². The van der Waals surface area contributed by atoms with Gasteiger partial charge in [0.2, 0.25) is 0 Å². The number of ether oxygens (including phenoxy) is 2. The first-order valence-electron chi connectivity index (χ1n) is 25.0. The van der Waals surface area contributed by atoms with Gasteiger partial charge in [0.25, 0.3) is 7.82 Å². The van der Waals surface area contributed by atoms with Gasteiger partial charge in [-0.3, -0.25) is 14.2 Å². The Labute approximate surface area is 381 Å². The van der Waals surface area contributed by atoms with E-state index in [0.29, 0.717) is 17.4 Å². The molecule has 0 N–H and O–H groups in total. The largest absolute Gasteiger partial charge is 0.756 e. The lowest BCUT2D eigenvalue weighted by molar-refractivity contribution is -0.870. The lowest BCUT2D eigenvalue weighted by Crippen LogP contribution is -2.37. The Morgan fingerprint density at radius 3 is 1.37 bits per heavy atom. The second-order valence-electron chi connectivity index (χ2n) is 17.8. The predicted octanol–water partition coefficient (Wildman–Crippen LogP) is 14.2. The van der Waals surface area contributed by atoms with Gasteiger partial charge in [-0.2, -0.15) is 0 Å². The van der Waals surface area contributed by atoms with Crippen LogP contribution >= 0.6 is 7.82 Å². The predicted molar refractivity (Wildman–Crippen MR) is 259 cm³/mol. The number of rotatable bonds is 45. The summed E-state index contributed by atoms with van der Waals surface area (Å²) in [6.07, 6.45) is 53.9. The zero-order chi connectivity index (χ0) is 45.7. The molecule has 0 saturated carbocycles. The third-order valence-corrected chi connectivity index (χ3v) is 11.5. The monoisotopic (exact) mass is 892 g/mol. The summed E-state index contributed by atoms with van der Waals surface area (Å²) >= 11 is 0. The van der Waals surface area contributed by atoms with E-state index in [1.807, 2.05) is 21.1 Å². The number of quaternary nitrogens is 1. The van der Waals surface area contributed by atoms with Crippen LogP contribution in [0.2, 0.25) is 0 Å². The number of hydrogen-bond donors (Lipinski definition) is 0. The molecular weight excluding hydrogens is 798 g/mol. The summed E-state index contributed by atoms with van der Waals surface area (Å²) in [4.78, 5) is 37.7. The SMILES string of the molecule is CC/C=C/C/C=C/C/C=C/C/C=C/C/C=C/CCCCCC(=O)O[C@H](COC(=O)CCCCCCCCCCCCCCCCCCCCC)COP(=O)([O-])OCC[N+](C)(C)C. The summed E-state index contributed by atoms with van der Waals surface area (Å²) < 4.78 is 34.0. The van der Waals surface area contributed by atoms with Crippen LogP contribution in [0.3, 0.4) is 0 Å². The fourth-order valence-corrected chi connectivity index (χ4v) is 7.41. The van der Waals surface area contributed by atoms with E-state index in [1.165, 1.54) is 103 Å².